The summed E-state index contributed by atoms with van der Waals surface area (Å²) < 4.78 is 2.53. The Labute approximate surface area is 307 Å². The van der Waals surface area contributed by atoms with Crippen LogP contribution < -0.4 is 4.57 Å². The Kier molecular flexibility index (Phi) is 29.8. The third-order valence-corrected chi connectivity index (χ3v) is 10.9. The van der Waals surface area contributed by atoms with Crippen LogP contribution in [0.4, 0.5) is 0 Å². The van der Waals surface area contributed by atoms with E-state index in [1.54, 1.807) is 11.1 Å². The summed E-state index contributed by atoms with van der Waals surface area (Å²) in [5.41, 5.74) is 4.62. The van der Waals surface area contributed by atoms with E-state index in [1.165, 1.54) is 224 Å². The summed E-state index contributed by atoms with van der Waals surface area (Å²) in [6, 6.07) is 13.6. The lowest BCUT2D eigenvalue weighted by Gasteiger charge is -2.07. The van der Waals surface area contributed by atoms with Gasteiger partial charge in [-0.3, -0.25) is 0 Å². The minimum atomic E-state index is 1.13. The number of nitrogens with zero attached hydrogens (tertiary/aromatic N) is 1. The van der Waals surface area contributed by atoms with E-state index in [0.717, 1.165) is 6.54 Å². The first-order chi connectivity index (χ1) is 24.3. The van der Waals surface area contributed by atoms with Crippen LogP contribution in [0.3, 0.4) is 0 Å². The first kappa shape index (κ1) is 43.5. The highest BCUT2D eigenvalue weighted by atomic mass is 14.9. The first-order valence-corrected chi connectivity index (χ1v) is 22.4. The third kappa shape index (κ3) is 26.8. The molecule has 0 fully saturated rings. The molecule has 1 heteroatoms. The lowest BCUT2D eigenvalue weighted by molar-refractivity contribution is -0.698. The second-order valence-electron chi connectivity index (χ2n) is 15.8. The average Bonchev–Trinajstić information content (AvgIpc) is 3.12. The van der Waals surface area contributed by atoms with E-state index in [9.17, 15) is 0 Å². The highest BCUT2D eigenvalue weighted by molar-refractivity contribution is 5.16. The summed E-state index contributed by atoms with van der Waals surface area (Å²) >= 11 is 0. The van der Waals surface area contributed by atoms with Gasteiger partial charge in [-0.15, -0.1) is 0 Å². The van der Waals surface area contributed by atoms with Gasteiger partial charge in [0.1, 0.15) is 6.54 Å². The van der Waals surface area contributed by atoms with E-state index in [1.807, 2.05) is 0 Å². The van der Waals surface area contributed by atoms with E-state index >= 15 is 0 Å². The van der Waals surface area contributed by atoms with Gasteiger partial charge in [-0.25, -0.2) is 4.57 Å². The van der Waals surface area contributed by atoms with Crippen molar-refractivity contribution in [3.05, 3.63) is 65.5 Å². The summed E-state index contributed by atoms with van der Waals surface area (Å²) in [6.45, 7) is 5.75. The number of rotatable bonds is 36. The number of unbranched alkanes of at least 4 members (excludes halogenated alkanes) is 28. The number of pyridine rings is 1. The van der Waals surface area contributed by atoms with Crippen LogP contribution in [0.5, 0.6) is 0 Å². The fourth-order valence-electron chi connectivity index (χ4n) is 7.69. The van der Waals surface area contributed by atoms with Gasteiger partial charge in [-0.1, -0.05) is 224 Å². The molecule has 49 heavy (non-hydrogen) atoms. The summed E-state index contributed by atoms with van der Waals surface area (Å²) in [7, 11) is 0. The number of hydrogen-bond donors (Lipinski definition) is 0. The van der Waals surface area contributed by atoms with Gasteiger partial charge in [-0.05, 0) is 43.7 Å². The summed E-state index contributed by atoms with van der Waals surface area (Å²) in [5.74, 6) is 0. The van der Waals surface area contributed by atoms with E-state index < -0.39 is 0 Å². The quantitative estimate of drug-likeness (QED) is 0.0500. The molecule has 1 aromatic heterocycles. The van der Waals surface area contributed by atoms with E-state index in [4.69, 9.17) is 0 Å². The molecule has 2 aromatic rings. The van der Waals surface area contributed by atoms with E-state index in [0.29, 0.717) is 0 Å². The molecule has 0 saturated heterocycles. The smallest absolute Gasteiger partial charge is 0.171 e. The lowest BCUT2D eigenvalue weighted by atomic mass is 10.0. The molecular weight excluding hydrogens is 591 g/mol. The molecule has 1 heterocycles. The van der Waals surface area contributed by atoms with Crippen LogP contribution in [0.25, 0.3) is 0 Å². The Morgan fingerprint density at radius 1 is 0.327 bits per heavy atom. The van der Waals surface area contributed by atoms with Crippen molar-refractivity contribution in [2.75, 3.05) is 0 Å². The molecule has 0 bridgehead atoms. The second-order valence-corrected chi connectivity index (χ2v) is 15.8. The van der Waals surface area contributed by atoms with Crippen LogP contribution in [0.1, 0.15) is 230 Å². The molecule has 0 atom stereocenters. The van der Waals surface area contributed by atoms with Crippen molar-refractivity contribution in [1.29, 1.82) is 0 Å². The molecule has 0 aliphatic heterocycles. The molecule has 0 saturated carbocycles. The number of aromatic nitrogens is 1. The summed E-state index contributed by atoms with van der Waals surface area (Å²) in [6.07, 6.45) is 53.0. The van der Waals surface area contributed by atoms with Crippen LogP contribution in [-0.2, 0) is 25.8 Å². The summed E-state index contributed by atoms with van der Waals surface area (Å²) in [5, 5.41) is 0. The number of hydrogen-bond acceptors (Lipinski definition) is 0. The van der Waals surface area contributed by atoms with E-state index in [-0.39, 0.29) is 0 Å². The molecule has 0 aliphatic carbocycles. The lowest BCUT2D eigenvalue weighted by Crippen LogP contribution is -2.34. The van der Waals surface area contributed by atoms with Crippen LogP contribution >= 0.6 is 0 Å². The summed E-state index contributed by atoms with van der Waals surface area (Å²) in [4.78, 5) is 0. The van der Waals surface area contributed by atoms with Crippen LogP contribution in [0.15, 0.2) is 48.8 Å². The van der Waals surface area contributed by atoms with Crippen molar-refractivity contribution in [3.8, 4) is 0 Å². The zero-order valence-corrected chi connectivity index (χ0v) is 33.3. The molecule has 0 aliphatic rings. The molecule has 0 amide bonds. The maximum atomic E-state index is 2.56. The first-order valence-electron chi connectivity index (χ1n) is 22.4. The Balaban J connectivity index is 1.59. The Morgan fingerprint density at radius 3 is 0.980 bits per heavy atom. The minimum absolute atomic E-state index is 1.13. The Morgan fingerprint density at radius 2 is 0.633 bits per heavy atom. The van der Waals surface area contributed by atoms with Crippen LogP contribution in [0.2, 0.25) is 0 Å². The zero-order valence-electron chi connectivity index (χ0n) is 33.3. The minimum Gasteiger partial charge on any atom is -0.205 e. The zero-order chi connectivity index (χ0) is 34.7. The van der Waals surface area contributed by atoms with Crippen LogP contribution in [0, 0.1) is 0 Å². The van der Waals surface area contributed by atoms with Crippen molar-refractivity contribution < 1.29 is 4.57 Å². The van der Waals surface area contributed by atoms with Gasteiger partial charge in [0, 0.05) is 17.5 Å². The second kappa shape index (κ2) is 33.5. The fraction of sp³-hybridized carbons (Fsp3) is 0.771. The van der Waals surface area contributed by atoms with Crippen molar-refractivity contribution in [2.24, 2.45) is 0 Å². The molecule has 1 nitrogen and oxygen atoms in total. The van der Waals surface area contributed by atoms with Crippen molar-refractivity contribution in [1.82, 2.24) is 0 Å². The fourth-order valence-corrected chi connectivity index (χ4v) is 7.69. The van der Waals surface area contributed by atoms with Crippen molar-refractivity contribution in [3.63, 3.8) is 0 Å². The van der Waals surface area contributed by atoms with E-state index in [2.05, 4.69) is 67.2 Å². The standard InChI is InChI=1S/C48H84N/c1-3-5-7-9-11-13-15-17-19-21-23-25-27-29-32-39-47-43-48(45-49(44-47)42-36-41-46-37-34-31-35-38-46)40-33-30-28-26-24-22-20-18-16-14-12-10-8-6-4-2/h31,34-35,37-38,43-45H,3-30,32-33,36,39-42H2,1-2H3/q+1. The predicted molar refractivity (Wildman–Crippen MR) is 219 cm³/mol. The molecule has 0 unspecified atom stereocenters. The largest absolute Gasteiger partial charge is 0.205 e. The predicted octanol–water partition coefficient (Wildman–Crippen LogP) is 15.4. The SMILES string of the molecule is CCCCCCCCCCCCCCCCCc1cc(CCCCCCCCCCCCCCCCC)c[n+](CCCc2ccccc2)c1. The van der Waals surface area contributed by atoms with Gasteiger partial charge in [0.2, 0.25) is 0 Å². The van der Waals surface area contributed by atoms with Crippen molar-refractivity contribution in [2.45, 2.75) is 239 Å². The molecule has 2 rings (SSSR count). The topological polar surface area (TPSA) is 3.88 Å². The van der Waals surface area contributed by atoms with Gasteiger partial charge in [0.15, 0.2) is 12.4 Å². The molecule has 0 N–H and O–H groups in total. The molecule has 1 aromatic carbocycles. The van der Waals surface area contributed by atoms with Crippen molar-refractivity contribution >= 4 is 0 Å². The van der Waals surface area contributed by atoms with Gasteiger partial charge in [0.05, 0.1) is 0 Å². The number of aryl methyl sites for hydroxylation is 4. The van der Waals surface area contributed by atoms with Gasteiger partial charge >= 0.3 is 0 Å². The van der Waals surface area contributed by atoms with Gasteiger partial charge in [0.25, 0.3) is 0 Å². The Bertz CT molecular complexity index is 897. The Hall–Kier alpha value is -1.63. The third-order valence-electron chi connectivity index (χ3n) is 10.9. The maximum absolute atomic E-state index is 2.56. The molecule has 280 valence electrons. The highest BCUT2D eigenvalue weighted by Gasteiger charge is 2.09. The molecule has 0 radical (unpaired) electrons. The molecular formula is C48H84N+. The van der Waals surface area contributed by atoms with Gasteiger partial charge in [-0.2, -0.15) is 0 Å². The highest BCUT2D eigenvalue weighted by Crippen LogP contribution is 2.17. The average molecular weight is 675 g/mol. The van der Waals surface area contributed by atoms with Crippen LogP contribution in [-0.4, -0.2) is 0 Å². The maximum Gasteiger partial charge on any atom is 0.171 e. The molecule has 0 spiro atoms. The monoisotopic (exact) mass is 675 g/mol. The van der Waals surface area contributed by atoms with Gasteiger partial charge < -0.3 is 0 Å². The number of benzene rings is 1. The normalized spacial score (nSPS) is 11.5.